The fourth-order valence-corrected chi connectivity index (χ4v) is 2.45. The highest BCUT2D eigenvalue weighted by Crippen LogP contribution is 2.31. The highest BCUT2D eigenvalue weighted by molar-refractivity contribution is 7.81. The van der Waals surface area contributed by atoms with E-state index in [-0.39, 0.29) is 5.56 Å². The predicted octanol–water partition coefficient (Wildman–Crippen LogP) is -2.13. The number of aliphatic hydroxyl groups excluding tert-OH is 2. The van der Waals surface area contributed by atoms with E-state index in [1.807, 2.05) is 4.98 Å². The number of rotatable bonds is 3. The Kier molecular flexibility index (Phi) is 4.52. The Hall–Kier alpha value is -1.62. The number of hydrogen-bond acceptors (Lipinski definition) is 8. The van der Waals surface area contributed by atoms with Gasteiger partial charge in [-0.3, -0.25) is 14.3 Å². The molecule has 9 nitrogen and oxygen atoms in total. The second kappa shape index (κ2) is 6.02. The van der Waals surface area contributed by atoms with Crippen LogP contribution >= 0.6 is 12.6 Å². The average molecular weight is 318 g/mol. The van der Waals surface area contributed by atoms with Gasteiger partial charge in [0.2, 0.25) is 0 Å². The summed E-state index contributed by atoms with van der Waals surface area (Å²) in [6.07, 6.45) is -2.09. The molecule has 0 unspecified atom stereocenters. The standard InChI is InChI=1S/C11H14N2O7S/c1-19-10(17)4-2-13(11(18)12-8(4)16)9-7(21)6(15)5(3-14)20-9/h2,5-7,9,14-15,21H,3H2,1H3,(H,12,16,18)/t5-,6-,7-,9-/m1/s1. The molecule has 0 aliphatic carbocycles. The monoisotopic (exact) mass is 318 g/mol. The Morgan fingerprint density at radius 3 is 2.76 bits per heavy atom. The van der Waals surface area contributed by atoms with E-state index in [9.17, 15) is 19.5 Å². The van der Waals surface area contributed by atoms with Crippen LogP contribution in [0, 0.1) is 0 Å². The Labute approximate surface area is 123 Å². The first-order valence-corrected chi connectivity index (χ1v) is 6.48. The maximum absolute atomic E-state index is 11.8. The summed E-state index contributed by atoms with van der Waals surface area (Å²) in [5.41, 5.74) is -2.11. The second-order valence-corrected chi connectivity index (χ2v) is 5.03. The van der Waals surface area contributed by atoms with Crippen molar-refractivity contribution in [1.82, 2.24) is 9.55 Å². The van der Waals surface area contributed by atoms with E-state index in [0.717, 1.165) is 17.9 Å². The summed E-state index contributed by atoms with van der Waals surface area (Å²) in [6, 6.07) is 0. The van der Waals surface area contributed by atoms with Crippen molar-refractivity contribution in [3.63, 3.8) is 0 Å². The van der Waals surface area contributed by atoms with Crippen LogP contribution in [0.4, 0.5) is 0 Å². The van der Waals surface area contributed by atoms with Crippen molar-refractivity contribution in [1.29, 1.82) is 0 Å². The molecule has 0 radical (unpaired) electrons. The third-order valence-corrected chi connectivity index (χ3v) is 3.72. The van der Waals surface area contributed by atoms with Gasteiger partial charge in [0.15, 0.2) is 6.23 Å². The number of H-pyrrole nitrogens is 1. The lowest BCUT2D eigenvalue weighted by molar-refractivity contribution is -0.0458. The van der Waals surface area contributed by atoms with Gasteiger partial charge in [0.05, 0.1) is 25.1 Å². The molecule has 3 N–H and O–H groups in total. The summed E-state index contributed by atoms with van der Waals surface area (Å²) in [4.78, 5) is 36.8. The van der Waals surface area contributed by atoms with Gasteiger partial charge in [-0.1, -0.05) is 0 Å². The van der Waals surface area contributed by atoms with Gasteiger partial charge < -0.3 is 19.7 Å². The Morgan fingerprint density at radius 1 is 1.57 bits per heavy atom. The fraction of sp³-hybridized carbons (Fsp3) is 0.545. The number of hydrogen-bond donors (Lipinski definition) is 4. The van der Waals surface area contributed by atoms with Crippen LogP contribution in [-0.4, -0.2) is 56.9 Å². The number of aromatic amines is 1. The molecule has 0 bridgehead atoms. The highest BCUT2D eigenvalue weighted by atomic mass is 32.1. The van der Waals surface area contributed by atoms with Crippen molar-refractivity contribution < 1.29 is 24.5 Å². The molecule has 0 aromatic carbocycles. The number of nitrogens with one attached hydrogen (secondary N) is 1. The van der Waals surface area contributed by atoms with Crippen LogP contribution in [0.3, 0.4) is 0 Å². The molecular formula is C11H14N2O7S. The molecule has 4 atom stereocenters. The highest BCUT2D eigenvalue weighted by Gasteiger charge is 2.43. The van der Waals surface area contributed by atoms with E-state index in [0.29, 0.717) is 0 Å². The molecular weight excluding hydrogens is 304 g/mol. The maximum Gasteiger partial charge on any atom is 0.345 e. The topological polar surface area (TPSA) is 131 Å². The lowest BCUT2D eigenvalue weighted by Crippen LogP contribution is -2.38. The minimum absolute atomic E-state index is 0.386. The van der Waals surface area contributed by atoms with Crippen molar-refractivity contribution in [2.75, 3.05) is 13.7 Å². The quantitative estimate of drug-likeness (QED) is 0.370. The fourth-order valence-electron chi connectivity index (χ4n) is 2.04. The second-order valence-electron chi connectivity index (χ2n) is 4.43. The van der Waals surface area contributed by atoms with Crippen LogP contribution in [0.25, 0.3) is 0 Å². The van der Waals surface area contributed by atoms with Crippen LogP contribution in [0.15, 0.2) is 15.8 Å². The first kappa shape index (κ1) is 15.8. The van der Waals surface area contributed by atoms with Gasteiger partial charge in [0.1, 0.15) is 11.7 Å². The van der Waals surface area contributed by atoms with Crippen LogP contribution in [0.5, 0.6) is 0 Å². The molecule has 116 valence electrons. The molecule has 0 saturated carbocycles. The number of esters is 1. The number of aliphatic hydroxyl groups is 2. The molecule has 0 amide bonds. The molecule has 0 spiro atoms. The summed E-state index contributed by atoms with van der Waals surface area (Å²) in [6.45, 7) is -0.462. The van der Waals surface area contributed by atoms with E-state index >= 15 is 0 Å². The summed E-state index contributed by atoms with van der Waals surface area (Å²) in [5.74, 6) is -0.919. The third-order valence-electron chi connectivity index (χ3n) is 3.16. The van der Waals surface area contributed by atoms with E-state index in [2.05, 4.69) is 17.4 Å². The van der Waals surface area contributed by atoms with E-state index in [4.69, 9.17) is 9.84 Å². The zero-order chi connectivity index (χ0) is 15.7. The number of methoxy groups -OCH3 is 1. The Bertz CT molecular complexity index is 655. The number of ether oxygens (including phenoxy) is 2. The summed E-state index contributed by atoms with van der Waals surface area (Å²) in [7, 11) is 1.09. The molecule has 10 heteroatoms. The minimum Gasteiger partial charge on any atom is -0.465 e. The van der Waals surface area contributed by atoms with E-state index < -0.39 is 47.5 Å². The van der Waals surface area contributed by atoms with Gasteiger partial charge in [0.25, 0.3) is 5.56 Å². The zero-order valence-corrected chi connectivity index (χ0v) is 11.8. The number of carbonyl (C=O) groups excluding carboxylic acids is 1. The van der Waals surface area contributed by atoms with Crippen molar-refractivity contribution >= 4 is 18.6 Å². The molecule has 2 rings (SSSR count). The maximum atomic E-state index is 11.8. The molecule has 1 saturated heterocycles. The molecule has 1 fully saturated rings. The van der Waals surface area contributed by atoms with Crippen molar-refractivity contribution in [3.8, 4) is 0 Å². The molecule has 2 heterocycles. The van der Waals surface area contributed by atoms with Gasteiger partial charge in [-0.15, -0.1) is 0 Å². The summed E-state index contributed by atoms with van der Waals surface area (Å²) in [5, 5.41) is 18.1. The van der Waals surface area contributed by atoms with Crippen molar-refractivity contribution in [3.05, 3.63) is 32.6 Å². The zero-order valence-electron chi connectivity index (χ0n) is 10.9. The lowest BCUT2D eigenvalue weighted by Gasteiger charge is -2.17. The van der Waals surface area contributed by atoms with Crippen molar-refractivity contribution in [2.45, 2.75) is 23.7 Å². The molecule has 1 aromatic heterocycles. The van der Waals surface area contributed by atoms with Gasteiger partial charge >= 0.3 is 11.7 Å². The number of carbonyl (C=O) groups is 1. The largest absolute Gasteiger partial charge is 0.465 e. The van der Waals surface area contributed by atoms with Crippen LogP contribution < -0.4 is 11.2 Å². The van der Waals surface area contributed by atoms with Gasteiger partial charge in [-0.25, -0.2) is 9.59 Å². The van der Waals surface area contributed by atoms with Gasteiger partial charge in [-0.2, -0.15) is 12.6 Å². The molecule has 21 heavy (non-hydrogen) atoms. The smallest absolute Gasteiger partial charge is 0.345 e. The van der Waals surface area contributed by atoms with Crippen molar-refractivity contribution in [2.24, 2.45) is 0 Å². The van der Waals surface area contributed by atoms with E-state index in [1.54, 1.807) is 0 Å². The van der Waals surface area contributed by atoms with Crippen LogP contribution in [0.1, 0.15) is 16.6 Å². The first-order chi connectivity index (χ1) is 9.90. The molecule has 1 aliphatic heterocycles. The summed E-state index contributed by atoms with van der Waals surface area (Å²) < 4.78 is 10.7. The number of aromatic nitrogens is 2. The van der Waals surface area contributed by atoms with Gasteiger partial charge in [0, 0.05) is 6.20 Å². The third kappa shape index (κ3) is 2.75. The van der Waals surface area contributed by atoms with Crippen LogP contribution in [-0.2, 0) is 9.47 Å². The molecule has 1 aliphatic rings. The average Bonchev–Trinajstić information content (AvgIpc) is 2.74. The normalized spacial score (nSPS) is 28.6. The SMILES string of the molecule is COC(=O)c1cn([C@@H]2O[C@H](CO)[C@@H](O)[C@H]2S)c(=O)[nH]c1=O. The van der Waals surface area contributed by atoms with E-state index in [1.165, 1.54) is 0 Å². The predicted molar refractivity (Wildman–Crippen MR) is 72.4 cm³/mol. The Morgan fingerprint density at radius 2 is 2.24 bits per heavy atom. The number of nitrogens with zero attached hydrogens (tertiary/aromatic N) is 1. The summed E-state index contributed by atoms with van der Waals surface area (Å²) >= 11 is 4.14. The minimum atomic E-state index is -1.11. The van der Waals surface area contributed by atoms with Crippen LogP contribution in [0.2, 0.25) is 0 Å². The lowest BCUT2D eigenvalue weighted by atomic mass is 10.2. The Balaban J connectivity index is 2.47. The van der Waals surface area contributed by atoms with Gasteiger partial charge in [-0.05, 0) is 0 Å². The molecule has 1 aromatic rings. The number of thiol groups is 1. The first-order valence-electron chi connectivity index (χ1n) is 5.97.